The van der Waals surface area contributed by atoms with Crippen LogP contribution in [0.4, 0.5) is 10.5 Å². The second-order valence-corrected chi connectivity index (χ2v) is 6.68. The van der Waals surface area contributed by atoms with Gasteiger partial charge in [0, 0.05) is 32.4 Å². The maximum absolute atomic E-state index is 12.7. The monoisotopic (exact) mass is 333 g/mol. The lowest BCUT2D eigenvalue weighted by atomic mass is 9.83. The fourth-order valence-corrected chi connectivity index (χ4v) is 3.68. The van der Waals surface area contributed by atoms with Gasteiger partial charge in [0.1, 0.15) is 5.75 Å². The van der Waals surface area contributed by atoms with Crippen LogP contribution >= 0.6 is 0 Å². The van der Waals surface area contributed by atoms with E-state index in [0.29, 0.717) is 6.61 Å². The molecule has 2 saturated heterocycles. The van der Waals surface area contributed by atoms with Crippen molar-refractivity contribution >= 4 is 11.7 Å². The second kappa shape index (κ2) is 7.40. The third kappa shape index (κ3) is 3.49. The van der Waals surface area contributed by atoms with Gasteiger partial charge in [-0.25, -0.2) is 4.79 Å². The van der Waals surface area contributed by atoms with Gasteiger partial charge in [0.25, 0.3) is 0 Å². The van der Waals surface area contributed by atoms with Gasteiger partial charge in [-0.3, -0.25) is 4.90 Å². The molecule has 2 amide bonds. The van der Waals surface area contributed by atoms with Crippen LogP contribution in [0.15, 0.2) is 24.3 Å². The van der Waals surface area contributed by atoms with Crippen LogP contribution in [0.5, 0.6) is 5.75 Å². The molecule has 1 aromatic rings. The smallest absolute Gasteiger partial charge is 0.321 e. The molecule has 0 unspecified atom stereocenters. The van der Waals surface area contributed by atoms with Gasteiger partial charge in [-0.2, -0.15) is 0 Å². The van der Waals surface area contributed by atoms with Gasteiger partial charge >= 0.3 is 6.03 Å². The summed E-state index contributed by atoms with van der Waals surface area (Å²) in [5.41, 5.74) is 0.779. The fourth-order valence-electron chi connectivity index (χ4n) is 3.68. The Morgan fingerprint density at radius 1 is 1.17 bits per heavy atom. The van der Waals surface area contributed by atoms with E-state index in [0.717, 1.165) is 56.9 Å². The Bertz CT molecular complexity index is 563. The summed E-state index contributed by atoms with van der Waals surface area (Å²) >= 11 is 0. The van der Waals surface area contributed by atoms with E-state index in [1.165, 1.54) is 0 Å². The number of methoxy groups -OCH3 is 2. The van der Waals surface area contributed by atoms with Gasteiger partial charge in [-0.1, -0.05) is 0 Å². The van der Waals surface area contributed by atoms with Crippen LogP contribution in [-0.2, 0) is 4.74 Å². The molecule has 6 nitrogen and oxygen atoms in total. The van der Waals surface area contributed by atoms with E-state index in [2.05, 4.69) is 10.2 Å². The number of carbonyl (C=O) groups is 1. The molecule has 24 heavy (non-hydrogen) atoms. The first kappa shape index (κ1) is 17.0. The average Bonchev–Trinajstić information content (AvgIpc) is 2.58. The summed E-state index contributed by atoms with van der Waals surface area (Å²) in [5.74, 6) is 0.781. The van der Waals surface area contributed by atoms with Crippen LogP contribution in [0.1, 0.15) is 19.3 Å². The first-order chi connectivity index (χ1) is 11.7. The number of amides is 2. The molecule has 1 N–H and O–H groups in total. The Morgan fingerprint density at radius 2 is 1.92 bits per heavy atom. The van der Waals surface area contributed by atoms with Crippen molar-refractivity contribution in [1.29, 1.82) is 0 Å². The largest absolute Gasteiger partial charge is 0.497 e. The maximum Gasteiger partial charge on any atom is 0.321 e. The van der Waals surface area contributed by atoms with Gasteiger partial charge in [0.15, 0.2) is 0 Å². The summed E-state index contributed by atoms with van der Waals surface area (Å²) in [6, 6.07) is 7.39. The van der Waals surface area contributed by atoms with Crippen molar-refractivity contribution in [3.8, 4) is 5.75 Å². The molecule has 1 aromatic carbocycles. The zero-order chi connectivity index (χ0) is 17.0. The summed E-state index contributed by atoms with van der Waals surface area (Å²) in [6.45, 7) is 4.41. The van der Waals surface area contributed by atoms with Crippen LogP contribution in [0, 0.1) is 0 Å². The minimum absolute atomic E-state index is 0.00752. The topological polar surface area (TPSA) is 54.0 Å². The molecule has 0 aliphatic carbocycles. The zero-order valence-electron chi connectivity index (χ0n) is 14.6. The third-order valence-corrected chi connectivity index (χ3v) is 5.15. The molecule has 6 heteroatoms. The van der Waals surface area contributed by atoms with Crippen molar-refractivity contribution in [2.24, 2.45) is 0 Å². The van der Waals surface area contributed by atoms with Gasteiger partial charge in [0.05, 0.1) is 19.3 Å². The molecule has 2 aliphatic rings. The number of ether oxygens (including phenoxy) is 2. The summed E-state index contributed by atoms with van der Waals surface area (Å²) in [4.78, 5) is 17.1. The Balaban J connectivity index is 1.67. The van der Waals surface area contributed by atoms with Crippen molar-refractivity contribution in [3.63, 3.8) is 0 Å². The highest BCUT2D eigenvalue weighted by Crippen LogP contribution is 2.34. The van der Waals surface area contributed by atoms with Crippen LogP contribution in [-0.4, -0.2) is 68.4 Å². The van der Waals surface area contributed by atoms with E-state index in [1.54, 1.807) is 14.2 Å². The molecule has 132 valence electrons. The zero-order valence-corrected chi connectivity index (χ0v) is 14.6. The molecular formula is C18H27N3O3. The summed E-state index contributed by atoms with van der Waals surface area (Å²) < 4.78 is 10.6. The SMILES string of the molecule is COC[C@]12CCN1CCCCN(C(=O)Nc1ccc(OC)cc1)C2. The number of hydrogen-bond donors (Lipinski definition) is 1. The minimum atomic E-state index is -0.0376. The molecule has 1 atom stereocenters. The predicted molar refractivity (Wildman–Crippen MR) is 93.6 cm³/mol. The van der Waals surface area contributed by atoms with Crippen LogP contribution < -0.4 is 10.1 Å². The van der Waals surface area contributed by atoms with Crippen molar-refractivity contribution in [3.05, 3.63) is 24.3 Å². The fraction of sp³-hybridized carbons (Fsp3) is 0.611. The first-order valence-corrected chi connectivity index (χ1v) is 8.61. The Kier molecular flexibility index (Phi) is 5.26. The number of anilines is 1. The van der Waals surface area contributed by atoms with E-state index in [-0.39, 0.29) is 11.6 Å². The number of rotatable bonds is 4. The molecule has 2 heterocycles. The quantitative estimate of drug-likeness (QED) is 0.919. The van der Waals surface area contributed by atoms with E-state index >= 15 is 0 Å². The van der Waals surface area contributed by atoms with E-state index in [4.69, 9.17) is 9.47 Å². The Hall–Kier alpha value is -1.79. The lowest BCUT2D eigenvalue weighted by molar-refractivity contribution is -0.0829. The number of nitrogens with zero attached hydrogens (tertiary/aromatic N) is 2. The predicted octanol–water partition coefficient (Wildman–Crippen LogP) is 2.41. The number of urea groups is 1. The number of nitrogens with one attached hydrogen (secondary N) is 1. The Labute approximate surface area is 143 Å². The van der Waals surface area contributed by atoms with Crippen LogP contribution in [0.2, 0.25) is 0 Å². The highest BCUT2D eigenvalue weighted by atomic mass is 16.5. The van der Waals surface area contributed by atoms with Crippen molar-refractivity contribution < 1.29 is 14.3 Å². The normalized spacial score (nSPS) is 24.3. The van der Waals surface area contributed by atoms with Crippen LogP contribution in [0.25, 0.3) is 0 Å². The first-order valence-electron chi connectivity index (χ1n) is 8.61. The minimum Gasteiger partial charge on any atom is -0.497 e. The van der Waals surface area contributed by atoms with E-state index < -0.39 is 0 Å². The van der Waals surface area contributed by atoms with Gasteiger partial charge < -0.3 is 19.7 Å². The molecule has 2 fully saturated rings. The Morgan fingerprint density at radius 3 is 2.54 bits per heavy atom. The van der Waals surface area contributed by atoms with Crippen molar-refractivity contribution in [1.82, 2.24) is 9.80 Å². The summed E-state index contributed by atoms with van der Waals surface area (Å²) in [7, 11) is 3.37. The van der Waals surface area contributed by atoms with Crippen molar-refractivity contribution in [2.75, 3.05) is 52.3 Å². The van der Waals surface area contributed by atoms with E-state index in [9.17, 15) is 4.79 Å². The molecular weight excluding hydrogens is 306 g/mol. The second-order valence-electron chi connectivity index (χ2n) is 6.68. The number of fused-ring (bicyclic) bond motifs is 1. The standard InChI is InChI=1S/C18H27N3O3/c1-23-14-18-9-12-21(18)11-4-3-10-20(13-18)17(22)19-15-5-7-16(24-2)8-6-15/h5-8H,3-4,9-14H2,1-2H3,(H,19,22)/t18-/m1/s1. The molecule has 0 bridgehead atoms. The van der Waals surface area contributed by atoms with Crippen LogP contribution in [0.3, 0.4) is 0 Å². The number of hydrogen-bond acceptors (Lipinski definition) is 4. The summed E-state index contributed by atoms with van der Waals surface area (Å²) in [6.07, 6.45) is 3.25. The molecule has 0 radical (unpaired) electrons. The molecule has 2 aliphatic heterocycles. The summed E-state index contributed by atoms with van der Waals surface area (Å²) in [5, 5.41) is 3.00. The third-order valence-electron chi connectivity index (χ3n) is 5.15. The lowest BCUT2D eigenvalue weighted by Gasteiger charge is -2.55. The van der Waals surface area contributed by atoms with Gasteiger partial charge in [-0.15, -0.1) is 0 Å². The van der Waals surface area contributed by atoms with Crippen molar-refractivity contribution in [2.45, 2.75) is 24.8 Å². The van der Waals surface area contributed by atoms with Gasteiger partial charge in [-0.05, 0) is 50.1 Å². The maximum atomic E-state index is 12.7. The number of benzene rings is 1. The molecule has 0 spiro atoms. The van der Waals surface area contributed by atoms with Gasteiger partial charge in [0.2, 0.25) is 0 Å². The number of carbonyl (C=O) groups excluding carboxylic acids is 1. The average molecular weight is 333 g/mol. The highest BCUT2D eigenvalue weighted by Gasteiger charge is 2.46. The van der Waals surface area contributed by atoms with E-state index in [1.807, 2.05) is 29.2 Å². The highest BCUT2D eigenvalue weighted by molar-refractivity contribution is 5.89. The molecule has 3 rings (SSSR count). The lowest BCUT2D eigenvalue weighted by Crippen LogP contribution is -2.68. The molecule has 0 aromatic heterocycles. The molecule has 0 saturated carbocycles.